The van der Waals surface area contributed by atoms with E-state index in [2.05, 4.69) is 15.0 Å². The van der Waals surface area contributed by atoms with Gasteiger partial charge in [-0.1, -0.05) is 13.8 Å². The number of nitrogens with zero attached hydrogens (tertiary/aromatic N) is 2. The summed E-state index contributed by atoms with van der Waals surface area (Å²) < 4.78 is 27.0. The maximum absolute atomic E-state index is 12.3. The third-order valence-corrected chi connectivity index (χ3v) is 4.25. The van der Waals surface area contributed by atoms with Crippen molar-refractivity contribution in [2.45, 2.75) is 18.7 Å². The number of benzene rings is 1. The Morgan fingerprint density at radius 3 is 2.60 bits per heavy atom. The maximum atomic E-state index is 12.3. The molecule has 0 aromatic heterocycles. The number of guanidine groups is 1. The summed E-state index contributed by atoms with van der Waals surface area (Å²) >= 11 is 0. The summed E-state index contributed by atoms with van der Waals surface area (Å²) in [5.41, 5.74) is 1.38. The van der Waals surface area contributed by atoms with Gasteiger partial charge in [-0.15, -0.1) is 0 Å². The Hall–Kier alpha value is -1.76. The van der Waals surface area contributed by atoms with E-state index in [-0.39, 0.29) is 10.9 Å². The number of fused-ring (bicyclic) bond motifs is 1. The number of hydrogen-bond acceptors (Lipinski definition) is 4. The van der Waals surface area contributed by atoms with Crippen molar-refractivity contribution in [1.29, 1.82) is 0 Å². The van der Waals surface area contributed by atoms with Gasteiger partial charge in [0.15, 0.2) is 0 Å². The van der Waals surface area contributed by atoms with Crippen molar-refractivity contribution in [2.75, 3.05) is 30.9 Å². The molecule has 1 aliphatic rings. The van der Waals surface area contributed by atoms with Gasteiger partial charge >= 0.3 is 0 Å². The fourth-order valence-corrected chi connectivity index (χ4v) is 2.96. The molecule has 110 valence electrons. The maximum Gasteiger partial charge on any atom is 0.266 e. The normalized spacial score (nSPS) is 18.4. The van der Waals surface area contributed by atoms with Crippen LogP contribution in [0, 0.1) is 5.92 Å². The van der Waals surface area contributed by atoms with Crippen LogP contribution in [0.15, 0.2) is 28.1 Å². The van der Waals surface area contributed by atoms with Crippen LogP contribution in [0.2, 0.25) is 0 Å². The average molecular weight is 296 g/mol. The summed E-state index contributed by atoms with van der Waals surface area (Å²) in [5, 5.41) is 3.02. The lowest BCUT2D eigenvalue weighted by Crippen LogP contribution is -2.41. The van der Waals surface area contributed by atoms with Gasteiger partial charge in [-0.3, -0.25) is 4.99 Å². The predicted octanol–water partition coefficient (Wildman–Crippen LogP) is 1.47. The van der Waals surface area contributed by atoms with Gasteiger partial charge in [-0.05, 0) is 24.1 Å². The van der Waals surface area contributed by atoms with Crippen molar-refractivity contribution in [3.8, 4) is 0 Å². The number of sulfonamides is 1. The number of aliphatic imine (C=N–C) groups is 1. The Morgan fingerprint density at radius 2 is 2.00 bits per heavy atom. The lowest BCUT2D eigenvalue weighted by atomic mass is 10.2. The molecule has 0 unspecified atom stereocenters. The largest absolute Gasteiger partial charge is 0.378 e. The molecule has 1 aliphatic heterocycles. The van der Waals surface area contributed by atoms with Gasteiger partial charge in [-0.2, -0.15) is 0 Å². The van der Waals surface area contributed by atoms with E-state index in [9.17, 15) is 8.42 Å². The Morgan fingerprint density at radius 1 is 1.30 bits per heavy atom. The van der Waals surface area contributed by atoms with Crippen LogP contribution in [-0.4, -0.2) is 35.0 Å². The van der Waals surface area contributed by atoms with Gasteiger partial charge in [0.2, 0.25) is 5.96 Å². The van der Waals surface area contributed by atoms with Crippen LogP contribution in [0.3, 0.4) is 0 Å². The van der Waals surface area contributed by atoms with Crippen molar-refractivity contribution in [2.24, 2.45) is 10.9 Å². The standard InChI is InChI=1S/C13H20N4O2S/c1-9(2)8-14-13-15-11-6-5-10(17(3)4)7-12(11)20(18,19)16-13/h5-7,9H,8H2,1-4H3,(H2,14,15,16). The highest BCUT2D eigenvalue weighted by Crippen LogP contribution is 2.28. The van der Waals surface area contributed by atoms with Crippen LogP contribution >= 0.6 is 0 Å². The molecule has 6 nitrogen and oxygen atoms in total. The zero-order valence-electron chi connectivity index (χ0n) is 12.1. The summed E-state index contributed by atoms with van der Waals surface area (Å²) in [7, 11) is 0.172. The van der Waals surface area contributed by atoms with Crippen LogP contribution < -0.4 is 14.9 Å². The molecule has 20 heavy (non-hydrogen) atoms. The Labute approximate surface area is 119 Å². The summed E-state index contributed by atoms with van der Waals surface area (Å²) in [5.74, 6) is 0.648. The van der Waals surface area contributed by atoms with Gasteiger partial charge in [0.25, 0.3) is 10.0 Å². The van der Waals surface area contributed by atoms with Crippen molar-refractivity contribution in [1.82, 2.24) is 4.72 Å². The van der Waals surface area contributed by atoms with Crippen molar-refractivity contribution >= 4 is 27.4 Å². The minimum absolute atomic E-state index is 0.243. The first kappa shape index (κ1) is 14.6. The molecule has 0 aliphatic carbocycles. The Balaban J connectivity index is 2.39. The van der Waals surface area contributed by atoms with E-state index in [1.165, 1.54) is 0 Å². The van der Waals surface area contributed by atoms with Crippen LogP contribution in [0.5, 0.6) is 0 Å². The predicted molar refractivity (Wildman–Crippen MR) is 81.9 cm³/mol. The first-order chi connectivity index (χ1) is 9.29. The Kier molecular flexibility index (Phi) is 3.89. The van der Waals surface area contributed by atoms with E-state index < -0.39 is 10.0 Å². The second kappa shape index (κ2) is 5.32. The van der Waals surface area contributed by atoms with Gasteiger partial charge in [0.1, 0.15) is 4.90 Å². The fraction of sp³-hybridized carbons (Fsp3) is 0.462. The third kappa shape index (κ3) is 3.04. The molecule has 0 saturated heterocycles. The topological polar surface area (TPSA) is 73.8 Å². The molecular weight excluding hydrogens is 276 g/mol. The molecule has 7 heteroatoms. The van der Waals surface area contributed by atoms with Crippen LogP contribution in [0.25, 0.3) is 0 Å². The van der Waals surface area contributed by atoms with Crippen LogP contribution in [0.4, 0.5) is 11.4 Å². The summed E-state index contributed by atoms with van der Waals surface area (Å²) in [6, 6.07) is 5.27. The Bertz CT molecular complexity index is 636. The monoisotopic (exact) mass is 296 g/mol. The zero-order valence-corrected chi connectivity index (χ0v) is 13.0. The molecule has 0 amide bonds. The molecule has 0 bridgehead atoms. The molecule has 0 spiro atoms. The molecule has 1 aromatic carbocycles. The van der Waals surface area contributed by atoms with Gasteiger partial charge in [-0.25, -0.2) is 13.1 Å². The van der Waals surface area contributed by atoms with Gasteiger partial charge in [0.05, 0.1) is 5.69 Å². The van der Waals surface area contributed by atoms with Crippen LogP contribution in [0.1, 0.15) is 13.8 Å². The second-order valence-electron chi connectivity index (χ2n) is 5.39. The van der Waals surface area contributed by atoms with E-state index in [0.717, 1.165) is 5.69 Å². The van der Waals surface area contributed by atoms with Gasteiger partial charge < -0.3 is 10.2 Å². The first-order valence-electron chi connectivity index (χ1n) is 6.45. The third-order valence-electron chi connectivity index (χ3n) is 2.87. The highest BCUT2D eigenvalue weighted by Gasteiger charge is 2.27. The molecule has 0 fully saturated rings. The SMILES string of the molecule is CC(C)CN=C1Nc2ccc(N(C)C)cc2S(=O)(=O)N1. The number of hydrogen-bond donors (Lipinski definition) is 2. The molecule has 1 heterocycles. The second-order valence-corrected chi connectivity index (χ2v) is 7.04. The number of nitrogens with one attached hydrogen (secondary N) is 2. The van der Waals surface area contributed by atoms with E-state index in [1.807, 2.05) is 38.9 Å². The van der Waals surface area contributed by atoms with Crippen molar-refractivity contribution in [3.63, 3.8) is 0 Å². The highest BCUT2D eigenvalue weighted by molar-refractivity contribution is 7.90. The zero-order chi connectivity index (χ0) is 14.9. The highest BCUT2D eigenvalue weighted by atomic mass is 32.2. The summed E-state index contributed by atoms with van der Waals surface area (Å²) in [4.78, 5) is 6.34. The molecule has 2 rings (SSSR count). The lowest BCUT2D eigenvalue weighted by Gasteiger charge is -2.23. The minimum Gasteiger partial charge on any atom is -0.378 e. The van der Waals surface area contributed by atoms with E-state index in [4.69, 9.17) is 0 Å². The molecule has 0 atom stereocenters. The van der Waals surface area contributed by atoms with Gasteiger partial charge in [0, 0.05) is 26.3 Å². The van der Waals surface area contributed by atoms with Crippen molar-refractivity contribution < 1.29 is 8.42 Å². The summed E-state index contributed by atoms with van der Waals surface area (Å²) in [6.07, 6.45) is 0. The van der Waals surface area contributed by atoms with E-state index in [1.54, 1.807) is 12.1 Å². The van der Waals surface area contributed by atoms with E-state index in [0.29, 0.717) is 18.2 Å². The number of anilines is 2. The fourth-order valence-electron chi connectivity index (χ4n) is 1.80. The minimum atomic E-state index is -3.57. The smallest absolute Gasteiger partial charge is 0.266 e. The molecule has 0 saturated carbocycles. The first-order valence-corrected chi connectivity index (χ1v) is 7.93. The van der Waals surface area contributed by atoms with E-state index >= 15 is 0 Å². The quantitative estimate of drug-likeness (QED) is 0.886. The lowest BCUT2D eigenvalue weighted by molar-refractivity contribution is 0.591. The molecule has 1 aromatic rings. The van der Waals surface area contributed by atoms with Crippen LogP contribution in [-0.2, 0) is 10.0 Å². The molecule has 2 N–H and O–H groups in total. The summed E-state index contributed by atoms with van der Waals surface area (Å²) in [6.45, 7) is 4.62. The molecular formula is C13H20N4O2S. The number of rotatable bonds is 3. The van der Waals surface area contributed by atoms with Crippen molar-refractivity contribution in [3.05, 3.63) is 18.2 Å². The average Bonchev–Trinajstić information content (AvgIpc) is 2.35. The molecule has 0 radical (unpaired) electrons.